The molecule has 0 fully saturated rings. The molecule has 0 radical (unpaired) electrons. The normalized spacial score (nSPS) is 10.3. The molecule has 5 nitrogen and oxygen atoms in total. The van der Waals surface area contributed by atoms with Gasteiger partial charge in [0, 0.05) is 25.1 Å². The Hall–Kier alpha value is -2.43. The second-order valence-electron chi connectivity index (χ2n) is 4.44. The van der Waals surface area contributed by atoms with Crippen LogP contribution in [0.25, 0.3) is 0 Å². The highest BCUT2D eigenvalue weighted by Gasteiger charge is 2.17. The Morgan fingerprint density at radius 3 is 2.26 bits per heavy atom. The minimum Gasteiger partial charge on any atom is -0.476 e. The molecule has 1 N–H and O–H groups in total. The fourth-order valence-electron chi connectivity index (χ4n) is 1.99. The van der Waals surface area contributed by atoms with Gasteiger partial charge in [0.05, 0.1) is 0 Å². The van der Waals surface area contributed by atoms with Gasteiger partial charge in [0.1, 0.15) is 0 Å². The van der Waals surface area contributed by atoms with E-state index in [0.717, 1.165) is 16.8 Å². The van der Waals surface area contributed by atoms with Crippen LogP contribution in [-0.2, 0) is 0 Å². The number of anilines is 2. The van der Waals surface area contributed by atoms with Gasteiger partial charge in [0.25, 0.3) is 0 Å². The van der Waals surface area contributed by atoms with Gasteiger partial charge in [0.15, 0.2) is 11.5 Å². The number of benzene rings is 1. The van der Waals surface area contributed by atoms with Crippen molar-refractivity contribution in [3.63, 3.8) is 0 Å². The van der Waals surface area contributed by atoms with Crippen molar-refractivity contribution in [3.05, 3.63) is 47.4 Å². The highest BCUT2D eigenvalue weighted by Crippen LogP contribution is 2.25. The Balaban J connectivity index is 2.49. The summed E-state index contributed by atoms with van der Waals surface area (Å²) in [4.78, 5) is 20.9. The first kappa shape index (κ1) is 13.0. The van der Waals surface area contributed by atoms with Crippen molar-refractivity contribution in [2.45, 2.75) is 13.8 Å². The molecule has 0 atom stereocenters. The van der Waals surface area contributed by atoms with E-state index in [1.807, 2.05) is 26.0 Å². The fraction of sp³-hybridized carbons (Fsp3) is 0.214. The number of aryl methyl sites for hydroxylation is 2. The summed E-state index contributed by atoms with van der Waals surface area (Å²) in [5, 5.41) is 9.14. The maximum Gasteiger partial charge on any atom is 0.358 e. The maximum atomic E-state index is 11.2. The summed E-state index contributed by atoms with van der Waals surface area (Å²) in [6, 6.07) is 6.02. The van der Waals surface area contributed by atoms with Crippen molar-refractivity contribution < 1.29 is 9.90 Å². The number of rotatable bonds is 3. The van der Waals surface area contributed by atoms with Crippen LogP contribution < -0.4 is 4.90 Å². The Bertz CT molecular complexity index is 606. The third kappa shape index (κ3) is 2.70. The molecule has 1 aromatic carbocycles. The molecule has 0 spiro atoms. The lowest BCUT2D eigenvalue weighted by atomic mass is 10.1. The number of nitrogens with zero attached hydrogens (tertiary/aromatic N) is 3. The van der Waals surface area contributed by atoms with Crippen LogP contribution in [-0.4, -0.2) is 28.1 Å². The highest BCUT2D eigenvalue weighted by atomic mass is 16.4. The minimum absolute atomic E-state index is 0.0517. The SMILES string of the molecule is Cc1cc(C)cc(N(C)c2nccnc2C(=O)O)c1. The van der Waals surface area contributed by atoms with Crippen molar-refractivity contribution in [3.8, 4) is 0 Å². The molecule has 0 saturated heterocycles. The van der Waals surface area contributed by atoms with E-state index in [-0.39, 0.29) is 5.69 Å². The van der Waals surface area contributed by atoms with Gasteiger partial charge in [-0.1, -0.05) is 6.07 Å². The standard InChI is InChI=1S/C14H15N3O2/c1-9-6-10(2)8-11(7-9)17(3)13-12(14(18)19)15-4-5-16-13/h4-8H,1-3H3,(H,18,19). The van der Waals surface area contributed by atoms with Gasteiger partial charge in [-0.3, -0.25) is 0 Å². The maximum absolute atomic E-state index is 11.2. The lowest BCUT2D eigenvalue weighted by molar-refractivity contribution is 0.0691. The highest BCUT2D eigenvalue weighted by molar-refractivity contribution is 5.92. The molecule has 0 amide bonds. The van der Waals surface area contributed by atoms with Gasteiger partial charge in [0.2, 0.25) is 0 Å². The molecule has 19 heavy (non-hydrogen) atoms. The van der Waals surface area contributed by atoms with E-state index < -0.39 is 5.97 Å². The van der Waals surface area contributed by atoms with Gasteiger partial charge in [-0.25, -0.2) is 14.8 Å². The second-order valence-corrected chi connectivity index (χ2v) is 4.44. The lowest BCUT2D eigenvalue weighted by Crippen LogP contribution is -2.17. The molecule has 0 saturated carbocycles. The molecule has 0 aliphatic carbocycles. The summed E-state index contributed by atoms with van der Waals surface area (Å²) in [6.07, 6.45) is 2.86. The molecule has 0 aliphatic heterocycles. The number of aromatic carboxylic acids is 1. The average molecular weight is 257 g/mol. The molecule has 5 heteroatoms. The van der Waals surface area contributed by atoms with Crippen LogP contribution >= 0.6 is 0 Å². The molecule has 1 heterocycles. The summed E-state index contributed by atoms with van der Waals surface area (Å²) in [5.74, 6) is -0.751. The fourth-order valence-corrected chi connectivity index (χ4v) is 1.99. The first-order chi connectivity index (χ1) is 8.99. The van der Waals surface area contributed by atoms with E-state index >= 15 is 0 Å². The van der Waals surface area contributed by atoms with Crippen molar-refractivity contribution in [1.29, 1.82) is 0 Å². The summed E-state index contributed by atoms with van der Waals surface area (Å²) < 4.78 is 0. The van der Waals surface area contributed by atoms with Gasteiger partial charge in [-0.05, 0) is 37.1 Å². The summed E-state index contributed by atoms with van der Waals surface area (Å²) >= 11 is 0. The zero-order valence-electron chi connectivity index (χ0n) is 11.1. The number of aromatic nitrogens is 2. The second kappa shape index (κ2) is 5.06. The lowest BCUT2D eigenvalue weighted by Gasteiger charge is -2.20. The van der Waals surface area contributed by atoms with E-state index in [1.165, 1.54) is 12.4 Å². The Morgan fingerprint density at radius 1 is 1.11 bits per heavy atom. The smallest absolute Gasteiger partial charge is 0.358 e. The molecule has 2 aromatic rings. The average Bonchev–Trinajstić information content (AvgIpc) is 2.36. The minimum atomic E-state index is -1.08. The van der Waals surface area contributed by atoms with Crippen molar-refractivity contribution in [2.75, 3.05) is 11.9 Å². The van der Waals surface area contributed by atoms with E-state index in [9.17, 15) is 4.79 Å². The van der Waals surface area contributed by atoms with E-state index in [1.54, 1.807) is 11.9 Å². The Labute approximate surface area is 111 Å². The Morgan fingerprint density at radius 2 is 1.68 bits per heavy atom. The third-order valence-corrected chi connectivity index (χ3v) is 2.79. The van der Waals surface area contributed by atoms with E-state index in [0.29, 0.717) is 5.82 Å². The van der Waals surface area contributed by atoms with Crippen LogP contribution in [0.2, 0.25) is 0 Å². The molecular weight excluding hydrogens is 242 g/mol. The summed E-state index contributed by atoms with van der Waals surface area (Å²) in [5.41, 5.74) is 3.06. The summed E-state index contributed by atoms with van der Waals surface area (Å²) in [7, 11) is 1.78. The predicted octanol–water partition coefficient (Wildman–Crippen LogP) is 2.56. The number of carbonyl (C=O) groups is 1. The Kier molecular flexibility index (Phi) is 3.46. The molecular formula is C14H15N3O2. The van der Waals surface area contributed by atoms with Crippen molar-refractivity contribution in [1.82, 2.24) is 9.97 Å². The van der Waals surface area contributed by atoms with Crippen LogP contribution in [0.4, 0.5) is 11.5 Å². The zero-order valence-corrected chi connectivity index (χ0v) is 11.1. The number of carboxylic acids is 1. The van der Waals surface area contributed by atoms with Gasteiger partial charge in [-0.2, -0.15) is 0 Å². The molecule has 2 rings (SSSR count). The van der Waals surface area contributed by atoms with E-state index in [2.05, 4.69) is 16.0 Å². The predicted molar refractivity (Wildman–Crippen MR) is 73.0 cm³/mol. The first-order valence-electron chi connectivity index (χ1n) is 5.85. The summed E-state index contributed by atoms with van der Waals surface area (Å²) in [6.45, 7) is 4.00. The number of carboxylic acid groups (broad SMARTS) is 1. The van der Waals surface area contributed by atoms with Crippen LogP contribution in [0.1, 0.15) is 21.6 Å². The van der Waals surface area contributed by atoms with Crippen molar-refractivity contribution >= 4 is 17.5 Å². The van der Waals surface area contributed by atoms with Gasteiger partial charge >= 0.3 is 5.97 Å². The number of hydrogen-bond acceptors (Lipinski definition) is 4. The van der Waals surface area contributed by atoms with Gasteiger partial charge in [-0.15, -0.1) is 0 Å². The number of hydrogen-bond donors (Lipinski definition) is 1. The molecule has 98 valence electrons. The molecule has 1 aromatic heterocycles. The topological polar surface area (TPSA) is 66.3 Å². The van der Waals surface area contributed by atoms with Crippen LogP contribution in [0.5, 0.6) is 0 Å². The quantitative estimate of drug-likeness (QED) is 0.915. The van der Waals surface area contributed by atoms with E-state index in [4.69, 9.17) is 5.11 Å². The largest absolute Gasteiger partial charge is 0.476 e. The van der Waals surface area contributed by atoms with Crippen molar-refractivity contribution in [2.24, 2.45) is 0 Å². The first-order valence-corrected chi connectivity index (χ1v) is 5.85. The van der Waals surface area contributed by atoms with Gasteiger partial charge < -0.3 is 10.0 Å². The third-order valence-electron chi connectivity index (χ3n) is 2.79. The van der Waals surface area contributed by atoms with Crippen LogP contribution in [0, 0.1) is 13.8 Å². The molecule has 0 unspecified atom stereocenters. The zero-order chi connectivity index (χ0) is 14.0. The van der Waals surface area contributed by atoms with Crippen LogP contribution in [0.3, 0.4) is 0 Å². The monoisotopic (exact) mass is 257 g/mol. The van der Waals surface area contributed by atoms with Crippen LogP contribution in [0.15, 0.2) is 30.6 Å². The molecule has 0 aliphatic rings. The molecule has 0 bridgehead atoms.